The number of nitrogens with zero attached hydrogens (tertiary/aromatic N) is 4. The van der Waals surface area contributed by atoms with Crippen LogP contribution in [0.1, 0.15) is 42.7 Å². The van der Waals surface area contributed by atoms with E-state index < -0.39 is 5.97 Å². The number of hydrogen-bond donors (Lipinski definition) is 2. The molecule has 0 aromatic carbocycles. The molecule has 2 heterocycles. The van der Waals surface area contributed by atoms with Gasteiger partial charge in [-0.05, 0) is 30.9 Å². The lowest BCUT2D eigenvalue weighted by Gasteiger charge is -2.34. The van der Waals surface area contributed by atoms with E-state index in [0.29, 0.717) is 13.0 Å². The largest absolute Gasteiger partial charge is 0.481 e. The van der Waals surface area contributed by atoms with E-state index in [1.807, 2.05) is 0 Å². The summed E-state index contributed by atoms with van der Waals surface area (Å²) in [6.45, 7) is 0.623. The molecule has 1 atom stereocenters. The van der Waals surface area contributed by atoms with Crippen LogP contribution in [0.4, 0.5) is 0 Å². The molecule has 1 aliphatic heterocycles. The number of carboxylic acids is 1. The Bertz CT molecular complexity index is 419. The maximum absolute atomic E-state index is 12.1. The van der Waals surface area contributed by atoms with E-state index in [1.54, 1.807) is 4.90 Å². The Labute approximate surface area is 103 Å². The van der Waals surface area contributed by atoms with E-state index in [4.69, 9.17) is 5.11 Å². The molecule has 0 spiro atoms. The SMILES string of the molecule is O=C(O)CCC1CCCCN1C(=O)c1nn[nH]n1. The maximum atomic E-state index is 12.1. The van der Waals surface area contributed by atoms with Crippen LogP contribution in [0.3, 0.4) is 0 Å². The molecule has 1 unspecified atom stereocenters. The van der Waals surface area contributed by atoms with Gasteiger partial charge in [-0.15, -0.1) is 10.2 Å². The molecule has 2 N–H and O–H groups in total. The van der Waals surface area contributed by atoms with E-state index in [1.165, 1.54) is 0 Å². The number of carbonyl (C=O) groups excluding carboxylic acids is 1. The number of nitrogens with one attached hydrogen (secondary N) is 1. The van der Waals surface area contributed by atoms with Gasteiger partial charge in [-0.2, -0.15) is 5.21 Å². The summed E-state index contributed by atoms with van der Waals surface area (Å²) in [7, 11) is 0. The molecule has 1 aromatic rings. The molecule has 0 saturated carbocycles. The molecule has 0 aliphatic carbocycles. The van der Waals surface area contributed by atoms with Crippen molar-refractivity contribution < 1.29 is 14.7 Å². The van der Waals surface area contributed by atoms with Crippen molar-refractivity contribution in [2.75, 3.05) is 6.54 Å². The highest BCUT2D eigenvalue weighted by atomic mass is 16.4. The Morgan fingerprint density at radius 3 is 2.94 bits per heavy atom. The van der Waals surface area contributed by atoms with Crippen LogP contribution < -0.4 is 0 Å². The molecule has 1 amide bonds. The average Bonchev–Trinajstić information content (AvgIpc) is 2.89. The quantitative estimate of drug-likeness (QED) is 0.784. The van der Waals surface area contributed by atoms with Crippen LogP contribution in [0, 0.1) is 0 Å². The summed E-state index contributed by atoms with van der Waals surface area (Å²) < 4.78 is 0. The second kappa shape index (κ2) is 5.56. The Kier molecular flexibility index (Phi) is 3.85. The molecule has 0 bridgehead atoms. The monoisotopic (exact) mass is 253 g/mol. The second-order valence-corrected chi connectivity index (χ2v) is 4.32. The molecule has 1 aromatic heterocycles. The zero-order valence-electron chi connectivity index (χ0n) is 9.87. The average molecular weight is 253 g/mol. The third-order valence-electron chi connectivity index (χ3n) is 3.12. The van der Waals surface area contributed by atoms with Gasteiger partial charge in [0.25, 0.3) is 11.7 Å². The third-order valence-corrected chi connectivity index (χ3v) is 3.12. The first-order valence-electron chi connectivity index (χ1n) is 5.94. The summed E-state index contributed by atoms with van der Waals surface area (Å²) in [5.74, 6) is -1.08. The first-order valence-corrected chi connectivity index (χ1v) is 5.94. The molecular formula is C10H15N5O3. The van der Waals surface area contributed by atoms with E-state index in [9.17, 15) is 9.59 Å². The van der Waals surface area contributed by atoms with Crippen molar-refractivity contribution in [1.82, 2.24) is 25.5 Å². The highest BCUT2D eigenvalue weighted by molar-refractivity contribution is 5.90. The van der Waals surface area contributed by atoms with Gasteiger partial charge in [-0.25, -0.2) is 0 Å². The van der Waals surface area contributed by atoms with Crippen molar-refractivity contribution in [1.29, 1.82) is 0 Å². The van der Waals surface area contributed by atoms with Crippen LogP contribution >= 0.6 is 0 Å². The summed E-state index contributed by atoms with van der Waals surface area (Å²) >= 11 is 0. The minimum atomic E-state index is -0.840. The van der Waals surface area contributed by atoms with Crippen LogP contribution in [0.5, 0.6) is 0 Å². The van der Waals surface area contributed by atoms with Gasteiger partial charge in [0.2, 0.25) is 0 Å². The van der Waals surface area contributed by atoms with Crippen molar-refractivity contribution in [2.24, 2.45) is 0 Å². The number of aromatic nitrogens is 4. The van der Waals surface area contributed by atoms with Crippen LogP contribution in [-0.2, 0) is 4.79 Å². The molecule has 8 nitrogen and oxygen atoms in total. The fraction of sp³-hybridized carbons (Fsp3) is 0.700. The van der Waals surface area contributed by atoms with Gasteiger partial charge in [0, 0.05) is 19.0 Å². The lowest BCUT2D eigenvalue weighted by atomic mass is 9.98. The number of hydrogen-bond acceptors (Lipinski definition) is 5. The summed E-state index contributed by atoms with van der Waals surface area (Å²) in [5.41, 5.74) is 0. The van der Waals surface area contributed by atoms with E-state index in [-0.39, 0.29) is 24.2 Å². The summed E-state index contributed by atoms with van der Waals surface area (Å²) in [5, 5.41) is 21.6. The smallest absolute Gasteiger partial charge is 0.303 e. The van der Waals surface area contributed by atoms with E-state index in [0.717, 1.165) is 19.3 Å². The zero-order chi connectivity index (χ0) is 13.0. The highest BCUT2D eigenvalue weighted by Gasteiger charge is 2.29. The lowest BCUT2D eigenvalue weighted by molar-refractivity contribution is -0.137. The van der Waals surface area contributed by atoms with Crippen LogP contribution in [0.2, 0.25) is 0 Å². The number of aliphatic carboxylic acids is 1. The fourth-order valence-electron chi connectivity index (χ4n) is 2.24. The molecular weight excluding hydrogens is 238 g/mol. The molecule has 18 heavy (non-hydrogen) atoms. The minimum absolute atomic E-state index is 0.0391. The lowest BCUT2D eigenvalue weighted by Crippen LogP contribution is -2.44. The van der Waals surface area contributed by atoms with Gasteiger partial charge in [0.1, 0.15) is 0 Å². The van der Waals surface area contributed by atoms with Crippen LogP contribution in [0.25, 0.3) is 0 Å². The standard InChI is InChI=1S/C10H15N5O3/c16-8(17)5-4-7-3-1-2-6-15(7)10(18)9-11-13-14-12-9/h7H,1-6H2,(H,16,17)(H,11,12,13,14). The van der Waals surface area contributed by atoms with E-state index in [2.05, 4.69) is 20.6 Å². The predicted molar refractivity (Wildman–Crippen MR) is 59.7 cm³/mol. The van der Waals surface area contributed by atoms with Crippen LogP contribution in [-0.4, -0.2) is 55.1 Å². The van der Waals surface area contributed by atoms with Crippen LogP contribution in [0.15, 0.2) is 0 Å². The third kappa shape index (κ3) is 2.82. The number of amides is 1. The number of aromatic amines is 1. The molecule has 1 fully saturated rings. The van der Waals surface area contributed by atoms with Gasteiger partial charge in [-0.1, -0.05) is 0 Å². The maximum Gasteiger partial charge on any atom is 0.303 e. The Hall–Kier alpha value is -1.99. The van der Waals surface area contributed by atoms with Crippen molar-refractivity contribution >= 4 is 11.9 Å². The van der Waals surface area contributed by atoms with Gasteiger partial charge in [-0.3, -0.25) is 9.59 Å². The topological polar surface area (TPSA) is 112 Å². The second-order valence-electron chi connectivity index (χ2n) is 4.32. The minimum Gasteiger partial charge on any atom is -0.481 e. The van der Waals surface area contributed by atoms with Gasteiger partial charge >= 0.3 is 5.97 Å². The van der Waals surface area contributed by atoms with Crippen molar-refractivity contribution in [3.05, 3.63) is 5.82 Å². The van der Waals surface area contributed by atoms with E-state index >= 15 is 0 Å². The summed E-state index contributed by atoms with van der Waals surface area (Å²) in [4.78, 5) is 24.4. The molecule has 1 aliphatic rings. The molecule has 0 radical (unpaired) electrons. The molecule has 1 saturated heterocycles. The number of likely N-dealkylation sites (tertiary alicyclic amines) is 1. The summed E-state index contributed by atoms with van der Waals surface area (Å²) in [6, 6.07) is -0.0409. The molecule has 8 heteroatoms. The number of carboxylic acid groups (broad SMARTS) is 1. The number of tetrazole rings is 1. The Balaban J connectivity index is 2.03. The highest BCUT2D eigenvalue weighted by Crippen LogP contribution is 2.22. The molecule has 2 rings (SSSR count). The van der Waals surface area contributed by atoms with Crippen molar-refractivity contribution in [3.63, 3.8) is 0 Å². The first kappa shape index (κ1) is 12.5. The fourth-order valence-corrected chi connectivity index (χ4v) is 2.24. The normalized spacial score (nSPS) is 19.8. The van der Waals surface area contributed by atoms with Gasteiger partial charge in [0.05, 0.1) is 0 Å². The molecule has 98 valence electrons. The number of rotatable bonds is 4. The zero-order valence-corrected chi connectivity index (χ0v) is 9.87. The Morgan fingerprint density at radius 2 is 2.28 bits per heavy atom. The Morgan fingerprint density at radius 1 is 1.44 bits per heavy atom. The van der Waals surface area contributed by atoms with Crippen molar-refractivity contribution in [2.45, 2.75) is 38.1 Å². The predicted octanol–water partition coefficient (Wildman–Crippen LogP) is 0.0592. The van der Waals surface area contributed by atoms with Gasteiger partial charge in [0.15, 0.2) is 0 Å². The number of carbonyl (C=O) groups is 2. The van der Waals surface area contributed by atoms with Gasteiger partial charge < -0.3 is 10.0 Å². The van der Waals surface area contributed by atoms with Crippen molar-refractivity contribution in [3.8, 4) is 0 Å². The first-order chi connectivity index (χ1) is 8.68. The number of piperidine rings is 1. The number of H-pyrrole nitrogens is 1. The summed E-state index contributed by atoms with van der Waals surface area (Å²) in [6.07, 6.45) is 3.31.